The van der Waals surface area contributed by atoms with Gasteiger partial charge in [-0.25, -0.2) is 4.39 Å². The minimum Gasteiger partial charge on any atom is -0.469 e. The number of halogens is 5. The normalized spacial score (nSPS) is 18.8. The lowest BCUT2D eigenvalue weighted by atomic mass is 9.96. The summed E-state index contributed by atoms with van der Waals surface area (Å²) in [5.41, 5.74) is -2.04. The van der Waals surface area contributed by atoms with Crippen molar-refractivity contribution in [1.82, 2.24) is 0 Å². The molecule has 172 valence electrons. The molecule has 0 aromatic heterocycles. The third-order valence-electron chi connectivity index (χ3n) is 4.89. The minimum absolute atomic E-state index is 0.0359. The van der Waals surface area contributed by atoms with Crippen LogP contribution in [0.25, 0.3) is 0 Å². The van der Waals surface area contributed by atoms with E-state index < -0.39 is 39.8 Å². The number of alkyl halides is 3. The first-order valence-electron chi connectivity index (χ1n) is 9.40. The van der Waals surface area contributed by atoms with E-state index in [-0.39, 0.29) is 17.2 Å². The topological polar surface area (TPSA) is 60.4 Å². The molecule has 1 unspecified atom stereocenters. The Labute approximate surface area is 186 Å². The molecule has 32 heavy (non-hydrogen) atoms. The number of likely N-dealkylation sites (N-methyl/N-ethyl adjacent to an activating group) is 1. The molecule has 6 nitrogen and oxygen atoms in total. The fraction of sp³-hybridized carbons (Fsp3) is 0.333. The molecule has 0 spiro atoms. The number of anilines is 1. The fourth-order valence-electron chi connectivity index (χ4n) is 3.03. The lowest BCUT2D eigenvalue weighted by Crippen LogP contribution is -2.57. The van der Waals surface area contributed by atoms with Crippen molar-refractivity contribution in [3.05, 3.63) is 46.7 Å². The molecule has 1 aliphatic heterocycles. The number of nitrogens with zero attached hydrogens (tertiary/aromatic N) is 2. The second kappa shape index (κ2) is 8.50. The van der Waals surface area contributed by atoms with E-state index >= 15 is 0 Å². The van der Waals surface area contributed by atoms with Gasteiger partial charge in [-0.05, 0) is 45.0 Å². The molecule has 0 bridgehead atoms. The Balaban J connectivity index is 1.96. The maximum atomic E-state index is 14.3. The van der Waals surface area contributed by atoms with Crippen LogP contribution >= 0.6 is 11.6 Å². The number of hydrogen-bond donors (Lipinski definition) is 0. The molecule has 11 heteroatoms. The summed E-state index contributed by atoms with van der Waals surface area (Å²) in [4.78, 5) is 19.3. The molecule has 1 atom stereocenters. The fourth-order valence-corrected chi connectivity index (χ4v) is 3.27. The van der Waals surface area contributed by atoms with Gasteiger partial charge in [0, 0.05) is 13.1 Å². The van der Waals surface area contributed by atoms with Gasteiger partial charge in [0.2, 0.25) is 5.60 Å². The van der Waals surface area contributed by atoms with E-state index in [9.17, 15) is 22.4 Å². The number of fused-ring (bicyclic) bond motifs is 1. The number of carbonyl (C=O) groups excluding carboxylic acids is 1. The van der Waals surface area contributed by atoms with Crippen molar-refractivity contribution in [1.29, 1.82) is 0 Å². The largest absolute Gasteiger partial charge is 0.469 e. The first-order valence-corrected chi connectivity index (χ1v) is 9.78. The molecule has 0 saturated carbocycles. The molecule has 0 fully saturated rings. The average Bonchev–Trinajstić information content (AvgIpc) is 2.72. The van der Waals surface area contributed by atoms with Gasteiger partial charge in [-0.2, -0.15) is 13.2 Å². The molecule has 3 rings (SSSR count). The Morgan fingerprint density at radius 2 is 1.97 bits per heavy atom. The molecular weight excluding hydrogens is 456 g/mol. The molecule has 1 amide bonds. The molecule has 1 aliphatic rings. The third-order valence-corrected chi connectivity index (χ3v) is 5.17. The number of ether oxygens (including phenoxy) is 2. The molecule has 1 heterocycles. The van der Waals surface area contributed by atoms with Crippen LogP contribution in [-0.2, 0) is 15.8 Å². The second-order valence-electron chi connectivity index (χ2n) is 7.09. The quantitative estimate of drug-likeness (QED) is 0.311. The van der Waals surface area contributed by atoms with Crippen molar-refractivity contribution < 1.29 is 36.7 Å². The van der Waals surface area contributed by atoms with Crippen LogP contribution < -0.4 is 14.4 Å². The highest BCUT2D eigenvalue weighted by molar-refractivity contribution is 6.32. The summed E-state index contributed by atoms with van der Waals surface area (Å²) in [6.45, 7) is 5.13. The smallest absolute Gasteiger partial charge is 0.416 e. The summed E-state index contributed by atoms with van der Waals surface area (Å²) in [5, 5.41) is 3.34. The molecule has 0 aliphatic carbocycles. The lowest BCUT2D eigenvalue weighted by molar-refractivity contribution is -0.137. The van der Waals surface area contributed by atoms with Crippen LogP contribution in [0.5, 0.6) is 17.2 Å². The van der Waals surface area contributed by atoms with Crippen molar-refractivity contribution in [3.8, 4) is 17.2 Å². The van der Waals surface area contributed by atoms with Crippen LogP contribution in [0.2, 0.25) is 5.02 Å². The summed E-state index contributed by atoms with van der Waals surface area (Å²) in [7, 11) is 1.54. The van der Waals surface area contributed by atoms with E-state index in [1.165, 1.54) is 30.0 Å². The zero-order valence-corrected chi connectivity index (χ0v) is 18.3. The standard InChI is InChI=1S/C21H19ClF4N2O4/c1-5-30-27-11(2)20(3)19(29)28(4)16-7-6-13(10-17(16)32-20)31-18-14(22)8-12(9-15(18)23)21(24,25)26/h6-10H,5H2,1-4H3. The minimum atomic E-state index is -4.76. The first kappa shape index (κ1) is 23.6. The molecule has 0 N–H and O–H groups in total. The average molecular weight is 475 g/mol. The highest BCUT2D eigenvalue weighted by Gasteiger charge is 2.46. The summed E-state index contributed by atoms with van der Waals surface area (Å²) < 4.78 is 64.2. The van der Waals surface area contributed by atoms with Crippen LogP contribution in [0.15, 0.2) is 35.5 Å². The molecule has 0 radical (unpaired) electrons. The van der Waals surface area contributed by atoms with Gasteiger partial charge in [0.25, 0.3) is 5.91 Å². The SMILES string of the molecule is CCON=C(C)C1(C)Oc2cc(Oc3c(F)cc(C(F)(F)F)cc3Cl)ccc2N(C)C1=O. The number of carbonyl (C=O) groups is 1. The van der Waals surface area contributed by atoms with Crippen LogP contribution in [0.1, 0.15) is 26.3 Å². The number of oxime groups is 1. The highest BCUT2D eigenvalue weighted by Crippen LogP contribution is 2.43. The number of hydrogen-bond acceptors (Lipinski definition) is 5. The Morgan fingerprint density at radius 3 is 2.56 bits per heavy atom. The van der Waals surface area contributed by atoms with Gasteiger partial charge < -0.3 is 19.2 Å². The molecule has 2 aromatic carbocycles. The number of amides is 1. The van der Waals surface area contributed by atoms with E-state index in [4.69, 9.17) is 25.9 Å². The van der Waals surface area contributed by atoms with Crippen LogP contribution in [-0.4, -0.2) is 30.9 Å². The third kappa shape index (κ3) is 4.32. The van der Waals surface area contributed by atoms with Gasteiger partial charge in [0.05, 0.1) is 16.3 Å². The maximum Gasteiger partial charge on any atom is 0.416 e. The Hall–Kier alpha value is -3.01. The van der Waals surface area contributed by atoms with E-state index in [0.29, 0.717) is 24.4 Å². The Bertz CT molecular complexity index is 1070. The van der Waals surface area contributed by atoms with Gasteiger partial charge in [0.15, 0.2) is 11.6 Å². The van der Waals surface area contributed by atoms with Gasteiger partial charge in [-0.1, -0.05) is 16.8 Å². The predicted molar refractivity (Wildman–Crippen MR) is 110 cm³/mol. The lowest BCUT2D eigenvalue weighted by Gasteiger charge is -2.38. The van der Waals surface area contributed by atoms with Crippen LogP contribution in [0, 0.1) is 5.82 Å². The van der Waals surface area contributed by atoms with Crippen LogP contribution in [0.4, 0.5) is 23.2 Å². The second-order valence-corrected chi connectivity index (χ2v) is 7.50. The van der Waals surface area contributed by atoms with E-state index in [0.717, 1.165) is 0 Å². The zero-order chi connectivity index (χ0) is 23.8. The van der Waals surface area contributed by atoms with E-state index in [2.05, 4.69) is 5.16 Å². The number of benzene rings is 2. The maximum absolute atomic E-state index is 14.3. The summed E-state index contributed by atoms with van der Waals surface area (Å²) in [6.07, 6.45) is -4.76. The highest BCUT2D eigenvalue weighted by atomic mass is 35.5. The van der Waals surface area contributed by atoms with Gasteiger partial charge in [-0.15, -0.1) is 0 Å². The van der Waals surface area contributed by atoms with E-state index in [1.54, 1.807) is 20.9 Å². The first-order chi connectivity index (χ1) is 14.9. The molecule has 0 saturated heterocycles. The summed E-state index contributed by atoms with van der Waals surface area (Å²) >= 11 is 5.83. The van der Waals surface area contributed by atoms with Crippen molar-refractivity contribution in [3.63, 3.8) is 0 Å². The molecule has 2 aromatic rings. The monoisotopic (exact) mass is 474 g/mol. The van der Waals surface area contributed by atoms with Crippen molar-refractivity contribution in [2.24, 2.45) is 5.16 Å². The van der Waals surface area contributed by atoms with Gasteiger partial charge in [0.1, 0.15) is 23.8 Å². The van der Waals surface area contributed by atoms with Gasteiger partial charge >= 0.3 is 6.18 Å². The zero-order valence-electron chi connectivity index (χ0n) is 17.5. The van der Waals surface area contributed by atoms with Crippen molar-refractivity contribution >= 4 is 28.9 Å². The van der Waals surface area contributed by atoms with Crippen LogP contribution in [0.3, 0.4) is 0 Å². The summed E-state index contributed by atoms with van der Waals surface area (Å²) in [6, 6.07) is 5.15. The predicted octanol–water partition coefficient (Wildman–Crippen LogP) is 5.82. The van der Waals surface area contributed by atoms with Crippen molar-refractivity contribution in [2.75, 3.05) is 18.6 Å². The van der Waals surface area contributed by atoms with Crippen molar-refractivity contribution in [2.45, 2.75) is 32.5 Å². The molecular formula is C21H19ClF4N2O4. The van der Waals surface area contributed by atoms with E-state index in [1.807, 2.05) is 0 Å². The Kier molecular flexibility index (Phi) is 6.28. The van der Waals surface area contributed by atoms with Gasteiger partial charge in [-0.3, -0.25) is 4.79 Å². The number of rotatable bonds is 5. The summed E-state index contributed by atoms with van der Waals surface area (Å²) in [5.74, 6) is -2.00. The Morgan fingerprint density at radius 1 is 1.28 bits per heavy atom.